The molecule has 5 rings (SSSR count). The van der Waals surface area contributed by atoms with Gasteiger partial charge < -0.3 is 50.8 Å². The number of likely N-dealkylation sites (N-methyl/N-ethyl adjacent to an activating group) is 2. The van der Waals surface area contributed by atoms with Crippen LogP contribution in [0.5, 0.6) is 0 Å². The molecule has 1 fully saturated rings. The molecule has 3 aromatic rings. The molecule has 9 amide bonds. The molecule has 1 saturated heterocycles. The lowest BCUT2D eigenvalue weighted by molar-refractivity contribution is -0.149. The number of nitrogens with two attached hydrogens (primary N) is 1. The molecule has 0 aromatic heterocycles. The van der Waals surface area contributed by atoms with Gasteiger partial charge in [0.15, 0.2) is 11.6 Å². The van der Waals surface area contributed by atoms with Crippen molar-refractivity contribution in [2.45, 2.75) is 208 Å². The maximum absolute atomic E-state index is 14.9. The third-order valence-corrected chi connectivity index (χ3v) is 20.8. The molecule has 6 N–H and O–H groups in total. The number of ether oxygens (including phenoxy) is 3. The second-order valence-electron chi connectivity index (χ2n) is 29.4. The number of hydrogen-bond acceptors (Lipinski definition) is 16. The van der Waals surface area contributed by atoms with Crippen LogP contribution >= 0.6 is 0 Å². The number of ketones is 3. The largest absolute Gasteiger partial charge is 0.480 e. The van der Waals surface area contributed by atoms with Crippen LogP contribution < -0.4 is 26.6 Å². The molecule has 2 heterocycles. The van der Waals surface area contributed by atoms with E-state index in [2.05, 4.69) is 16.0 Å². The number of primary amides is 1. The highest BCUT2D eigenvalue weighted by Crippen LogP contribution is 2.32. The molecule has 105 heavy (non-hydrogen) atoms. The molecule has 2 aliphatic rings. The van der Waals surface area contributed by atoms with Gasteiger partial charge in [0.2, 0.25) is 23.6 Å². The van der Waals surface area contributed by atoms with E-state index in [1.807, 2.05) is 97.7 Å². The first-order valence-electron chi connectivity index (χ1n) is 37.2. The monoisotopic (exact) mass is 1460 g/mol. The number of unbranched alkanes of at least 4 members (excludes halogenated alkanes) is 2. The first-order valence-corrected chi connectivity index (χ1v) is 37.2. The molecule has 0 spiro atoms. The number of anilines is 1. The summed E-state index contributed by atoms with van der Waals surface area (Å²) in [4.78, 5) is 167. The summed E-state index contributed by atoms with van der Waals surface area (Å²) in [6.45, 7) is 18.6. The Hall–Kier alpha value is -8.68. The fourth-order valence-electron chi connectivity index (χ4n) is 14.3. The Morgan fingerprint density at radius 1 is 0.676 bits per heavy atom. The van der Waals surface area contributed by atoms with E-state index in [-0.39, 0.29) is 129 Å². The van der Waals surface area contributed by atoms with E-state index in [0.29, 0.717) is 81.3 Å². The highest BCUT2D eigenvalue weighted by molar-refractivity contribution is 6.12. The number of methoxy groups -OCH3 is 2. The van der Waals surface area contributed by atoms with Crippen LogP contribution in [-0.2, 0) is 88.0 Å². The van der Waals surface area contributed by atoms with E-state index in [1.54, 1.807) is 79.3 Å². The number of nitrogens with zero attached hydrogens (tertiary/aromatic N) is 5. The zero-order valence-corrected chi connectivity index (χ0v) is 64.3. The molecular formula is C80H117N9O16. The van der Waals surface area contributed by atoms with Crippen LogP contribution in [0.15, 0.2) is 91.0 Å². The molecular weight excluding hydrogens is 1340 g/mol. The maximum Gasteiger partial charge on any atom is 0.414 e. The number of likely N-dealkylation sites (tertiary alicyclic amines) is 1. The van der Waals surface area contributed by atoms with Crippen molar-refractivity contribution in [3.63, 3.8) is 0 Å². The lowest BCUT2D eigenvalue weighted by atomic mass is 9.83. The Balaban J connectivity index is 1.13. The number of aliphatic carboxylic acids is 1. The van der Waals surface area contributed by atoms with E-state index in [4.69, 9.17) is 19.9 Å². The average molecular weight is 1460 g/mol. The van der Waals surface area contributed by atoms with Crippen LogP contribution in [0.2, 0.25) is 0 Å². The highest BCUT2D eigenvalue weighted by Gasteiger charge is 2.44. The normalized spacial score (nSPS) is 16.6. The van der Waals surface area contributed by atoms with Crippen molar-refractivity contribution < 1.29 is 76.9 Å². The fourth-order valence-corrected chi connectivity index (χ4v) is 14.3. The van der Waals surface area contributed by atoms with E-state index >= 15 is 0 Å². The number of nitrogens with one attached hydrogen (secondary N) is 3. The van der Waals surface area contributed by atoms with Crippen LogP contribution in [0.1, 0.15) is 162 Å². The van der Waals surface area contributed by atoms with Crippen LogP contribution in [-0.4, -0.2) is 200 Å². The Morgan fingerprint density at radius 2 is 1.30 bits per heavy atom. The van der Waals surface area contributed by atoms with Gasteiger partial charge in [0.05, 0.1) is 48.7 Å². The molecule has 0 radical (unpaired) electrons. The lowest BCUT2D eigenvalue weighted by Crippen LogP contribution is -2.55. The van der Waals surface area contributed by atoms with Gasteiger partial charge in [-0.1, -0.05) is 142 Å². The predicted octanol–water partition coefficient (Wildman–Crippen LogP) is 8.68. The molecule has 3 aromatic carbocycles. The van der Waals surface area contributed by atoms with Gasteiger partial charge in [-0.05, 0) is 110 Å². The average Bonchev–Trinajstić information content (AvgIpc) is 1.80. The minimum absolute atomic E-state index is 0.00222. The number of carbonyl (C=O) groups excluding carboxylic acids is 11. The standard InChI is InChI=1S/C80H117N9O16/c1-15-53(8)73(68(103-13)48-71(95)88-42-23-28-65(88)74(104-14)54(9)75(96)84-64(78(99)100)44-56-24-18-16-19-25-56)87(12)77(98)62(51(4)5)47-67(92)72(52(6)7)85(10)43-39-55-33-35-59(36-34-55)86(11)80(102)105-49-58-31-29-57(30-32-58)45-66(91)63(27-22-40-82-79(81)101)83-76(97)61(50(2)3)46-60(90)26-20-17-21-41-89-69(93)37-38-70(89)94/h16,18-19,24-25,29-38,50-54,61-65,68,72-74H,15,17,20-23,26-28,39-49H2,1-14H3,(H,83,97)(H,84,96)(H,99,100)(H3,81,82,101)/t53-,54+,61-,62-,63-,64-,65-,68+,72-,73-,74+/m0/s1. The van der Waals surface area contributed by atoms with Crippen LogP contribution in [0.4, 0.5) is 15.3 Å². The van der Waals surface area contributed by atoms with Crippen LogP contribution in [0.25, 0.3) is 0 Å². The summed E-state index contributed by atoms with van der Waals surface area (Å²) in [6, 6.07) is 19.2. The SMILES string of the molecule is CC[C@H](C)[C@@H]([C@@H](CC(=O)N1CCC[C@H]1[C@H](OC)[C@@H](C)C(=O)N[C@@H](Cc1ccccc1)C(=O)O)OC)N(C)C(=O)[C@@H](CC(=O)[C@H](C(C)C)N(C)CCc1ccc(N(C)C(=O)OCc2ccc(CC(=O)[C@H](CCCNC(N)=O)NC(=O)[C@@H](CC(=O)CCCCCN3C(=O)C=CC3=O)C(C)C)cc2)cc1)C(C)C. The number of imide groups is 1. The predicted molar refractivity (Wildman–Crippen MR) is 400 cm³/mol. The molecule has 578 valence electrons. The quantitative estimate of drug-likeness (QED) is 0.0261. The summed E-state index contributed by atoms with van der Waals surface area (Å²) >= 11 is 0. The van der Waals surface area contributed by atoms with Gasteiger partial charge in [0.1, 0.15) is 18.4 Å². The van der Waals surface area contributed by atoms with Crippen molar-refractivity contribution in [1.29, 1.82) is 0 Å². The van der Waals surface area contributed by atoms with Crippen molar-refractivity contribution in [2.75, 3.05) is 66.4 Å². The second-order valence-corrected chi connectivity index (χ2v) is 29.4. The summed E-state index contributed by atoms with van der Waals surface area (Å²) in [6.07, 6.45) is 5.29. The maximum atomic E-state index is 14.9. The molecule has 25 nitrogen and oxygen atoms in total. The minimum Gasteiger partial charge on any atom is -0.480 e. The van der Waals surface area contributed by atoms with Crippen molar-refractivity contribution in [3.05, 3.63) is 113 Å². The topological polar surface area (TPSA) is 331 Å². The summed E-state index contributed by atoms with van der Waals surface area (Å²) < 4.78 is 17.8. The van der Waals surface area contributed by atoms with E-state index in [9.17, 15) is 62.6 Å². The number of rotatable bonds is 46. The number of carboxylic acid groups (broad SMARTS) is 1. The molecule has 11 atom stereocenters. The van der Waals surface area contributed by atoms with E-state index < -0.39 is 90.1 Å². The lowest BCUT2D eigenvalue weighted by Gasteiger charge is -2.41. The number of carboxylic acids is 1. The van der Waals surface area contributed by atoms with Crippen molar-refractivity contribution in [3.8, 4) is 0 Å². The smallest absolute Gasteiger partial charge is 0.414 e. The molecule has 2 aliphatic heterocycles. The van der Waals surface area contributed by atoms with Crippen LogP contribution in [0, 0.1) is 41.4 Å². The Bertz CT molecular complexity index is 3400. The highest BCUT2D eigenvalue weighted by atomic mass is 16.6. The van der Waals surface area contributed by atoms with Crippen molar-refractivity contribution in [2.24, 2.45) is 47.2 Å². The summed E-state index contributed by atoms with van der Waals surface area (Å²) in [7, 11) is 8.26. The van der Waals surface area contributed by atoms with Gasteiger partial charge in [0.25, 0.3) is 11.8 Å². The van der Waals surface area contributed by atoms with E-state index in [1.165, 1.54) is 31.3 Å². The Labute approximate surface area is 620 Å². The third kappa shape index (κ3) is 26.4. The molecule has 25 heteroatoms. The number of Topliss-reactive ketones (excluding diaryl/α,β-unsaturated/α-hetero) is 3. The minimum atomic E-state index is -1.17. The molecule has 0 bridgehead atoms. The molecule has 0 aliphatic carbocycles. The Kier molecular flexibility index (Phi) is 35.7. The first kappa shape index (κ1) is 87.0. The number of benzene rings is 3. The van der Waals surface area contributed by atoms with Gasteiger partial charge >= 0.3 is 18.1 Å². The number of hydrogen-bond donors (Lipinski definition) is 5. The van der Waals surface area contributed by atoms with Gasteiger partial charge in [0, 0.05) is 116 Å². The Morgan fingerprint density at radius 3 is 1.88 bits per heavy atom. The fraction of sp³-hybridized carbons (Fsp3) is 0.600. The zero-order chi connectivity index (χ0) is 77.8. The molecule has 0 unspecified atom stereocenters. The number of urea groups is 1. The van der Waals surface area contributed by atoms with Gasteiger partial charge in [-0.25, -0.2) is 14.4 Å². The summed E-state index contributed by atoms with van der Waals surface area (Å²) in [5.41, 5.74) is 8.89. The van der Waals surface area contributed by atoms with Crippen molar-refractivity contribution in [1.82, 2.24) is 35.6 Å². The third-order valence-electron chi connectivity index (χ3n) is 20.8. The molecule has 0 saturated carbocycles. The van der Waals surface area contributed by atoms with Gasteiger partial charge in [-0.2, -0.15) is 0 Å². The zero-order valence-electron chi connectivity index (χ0n) is 64.3. The summed E-state index contributed by atoms with van der Waals surface area (Å²) in [5.74, 6) is -6.53. The summed E-state index contributed by atoms with van der Waals surface area (Å²) in [5, 5.41) is 18.1. The van der Waals surface area contributed by atoms with E-state index in [0.717, 1.165) is 16.0 Å². The van der Waals surface area contributed by atoms with Gasteiger partial charge in [-0.3, -0.25) is 57.9 Å². The number of carbonyl (C=O) groups is 12. The second kappa shape index (κ2) is 43.1. The first-order chi connectivity index (χ1) is 49.8. The van der Waals surface area contributed by atoms with Crippen molar-refractivity contribution >= 4 is 76.6 Å². The van der Waals surface area contributed by atoms with Crippen LogP contribution in [0.3, 0.4) is 0 Å². The van der Waals surface area contributed by atoms with Gasteiger partial charge in [-0.15, -0.1) is 0 Å². The number of amides is 9.